The van der Waals surface area contributed by atoms with Gasteiger partial charge < -0.3 is 5.32 Å². The van der Waals surface area contributed by atoms with Gasteiger partial charge in [-0.05, 0) is 31.2 Å². The third kappa shape index (κ3) is 5.07. The van der Waals surface area contributed by atoms with Gasteiger partial charge in [-0.2, -0.15) is 0 Å². The number of carbonyl (C=O) groups is 1. The lowest BCUT2D eigenvalue weighted by atomic mass is 10.1. The SMILES string of the molecule is CCS(=O)(=O)Nc1ccccc1C(=O)NCCc1ccccn1. The van der Waals surface area contributed by atoms with Gasteiger partial charge in [0.05, 0.1) is 17.0 Å². The lowest BCUT2D eigenvalue weighted by Gasteiger charge is -2.11. The predicted molar refractivity (Wildman–Crippen MR) is 89.8 cm³/mol. The minimum Gasteiger partial charge on any atom is -0.352 e. The molecule has 7 heteroatoms. The van der Waals surface area contributed by atoms with Gasteiger partial charge in [-0.25, -0.2) is 8.42 Å². The number of pyridine rings is 1. The first-order valence-electron chi connectivity index (χ1n) is 7.29. The van der Waals surface area contributed by atoms with Crippen LogP contribution in [0.1, 0.15) is 23.0 Å². The Morgan fingerprint density at radius 3 is 2.57 bits per heavy atom. The third-order valence-electron chi connectivity index (χ3n) is 3.21. The number of hydrogen-bond acceptors (Lipinski definition) is 4. The maximum Gasteiger partial charge on any atom is 0.253 e. The Morgan fingerprint density at radius 1 is 1.13 bits per heavy atom. The van der Waals surface area contributed by atoms with Crippen molar-refractivity contribution in [3.05, 3.63) is 59.9 Å². The molecule has 0 saturated heterocycles. The lowest BCUT2D eigenvalue weighted by molar-refractivity contribution is 0.0955. The number of benzene rings is 1. The second kappa shape index (κ2) is 7.73. The van der Waals surface area contributed by atoms with E-state index in [1.54, 1.807) is 30.5 Å². The fourth-order valence-electron chi connectivity index (χ4n) is 1.96. The van der Waals surface area contributed by atoms with Crippen LogP contribution in [0.15, 0.2) is 48.7 Å². The monoisotopic (exact) mass is 333 g/mol. The molecule has 23 heavy (non-hydrogen) atoms. The van der Waals surface area contributed by atoms with Crippen LogP contribution >= 0.6 is 0 Å². The number of para-hydroxylation sites is 1. The molecule has 0 aliphatic carbocycles. The summed E-state index contributed by atoms with van der Waals surface area (Å²) in [6, 6.07) is 12.1. The first-order chi connectivity index (χ1) is 11.0. The Kier molecular flexibility index (Phi) is 5.70. The van der Waals surface area contributed by atoms with Crippen LogP contribution < -0.4 is 10.0 Å². The molecule has 1 heterocycles. The number of sulfonamides is 1. The van der Waals surface area contributed by atoms with Crippen LogP contribution in [-0.4, -0.2) is 31.6 Å². The Hall–Kier alpha value is -2.41. The maximum atomic E-state index is 12.3. The van der Waals surface area contributed by atoms with Crippen molar-refractivity contribution in [2.75, 3.05) is 17.0 Å². The molecule has 1 aromatic carbocycles. The number of nitrogens with zero attached hydrogens (tertiary/aromatic N) is 1. The number of rotatable bonds is 7. The molecule has 0 aliphatic rings. The Labute approximate surface area is 136 Å². The van der Waals surface area contributed by atoms with Gasteiger partial charge in [0.2, 0.25) is 10.0 Å². The number of aromatic nitrogens is 1. The number of amides is 1. The summed E-state index contributed by atoms with van der Waals surface area (Å²) in [6.07, 6.45) is 2.31. The van der Waals surface area contributed by atoms with E-state index in [0.29, 0.717) is 18.5 Å². The minimum absolute atomic E-state index is 0.0529. The second-order valence-corrected chi connectivity index (χ2v) is 6.89. The standard InChI is InChI=1S/C16H19N3O3S/c1-2-23(21,22)19-15-9-4-3-8-14(15)16(20)18-12-10-13-7-5-6-11-17-13/h3-9,11,19H,2,10,12H2,1H3,(H,18,20). The summed E-state index contributed by atoms with van der Waals surface area (Å²) >= 11 is 0. The van der Waals surface area contributed by atoms with Crippen LogP contribution in [0.2, 0.25) is 0 Å². The van der Waals surface area contributed by atoms with Crippen LogP contribution in [0.3, 0.4) is 0 Å². The zero-order valence-corrected chi connectivity index (χ0v) is 13.6. The van der Waals surface area contributed by atoms with Gasteiger partial charge in [-0.3, -0.25) is 14.5 Å². The summed E-state index contributed by atoms with van der Waals surface area (Å²) in [6.45, 7) is 1.96. The van der Waals surface area contributed by atoms with Crippen molar-refractivity contribution in [2.24, 2.45) is 0 Å². The van der Waals surface area contributed by atoms with E-state index in [9.17, 15) is 13.2 Å². The molecule has 0 radical (unpaired) electrons. The molecule has 122 valence electrons. The lowest BCUT2D eigenvalue weighted by Crippen LogP contribution is -2.27. The average molecular weight is 333 g/mol. The van der Waals surface area contributed by atoms with Crippen molar-refractivity contribution in [1.29, 1.82) is 0 Å². The van der Waals surface area contributed by atoms with Crippen molar-refractivity contribution >= 4 is 21.6 Å². The maximum absolute atomic E-state index is 12.3. The highest BCUT2D eigenvalue weighted by Gasteiger charge is 2.14. The van der Waals surface area contributed by atoms with Gasteiger partial charge in [0.15, 0.2) is 0 Å². The predicted octanol–water partition coefficient (Wildman–Crippen LogP) is 1.82. The van der Waals surface area contributed by atoms with Crippen molar-refractivity contribution in [2.45, 2.75) is 13.3 Å². The number of nitrogens with one attached hydrogen (secondary N) is 2. The highest BCUT2D eigenvalue weighted by Crippen LogP contribution is 2.16. The van der Waals surface area contributed by atoms with Crippen molar-refractivity contribution in [3.8, 4) is 0 Å². The van der Waals surface area contributed by atoms with E-state index in [2.05, 4.69) is 15.0 Å². The van der Waals surface area contributed by atoms with E-state index < -0.39 is 10.0 Å². The fourth-order valence-corrected chi connectivity index (χ4v) is 2.61. The van der Waals surface area contributed by atoms with E-state index in [1.165, 1.54) is 6.92 Å². The molecule has 0 atom stereocenters. The van der Waals surface area contributed by atoms with Gasteiger partial charge in [0.1, 0.15) is 0 Å². The molecule has 2 N–H and O–H groups in total. The van der Waals surface area contributed by atoms with Crippen LogP contribution in [0, 0.1) is 0 Å². The first-order valence-corrected chi connectivity index (χ1v) is 8.94. The van der Waals surface area contributed by atoms with E-state index in [4.69, 9.17) is 0 Å². The van der Waals surface area contributed by atoms with Crippen LogP contribution in [0.4, 0.5) is 5.69 Å². The van der Waals surface area contributed by atoms with E-state index in [0.717, 1.165) is 5.69 Å². The highest BCUT2D eigenvalue weighted by atomic mass is 32.2. The molecule has 0 saturated carbocycles. The summed E-state index contributed by atoms with van der Waals surface area (Å²) in [5.74, 6) is -0.377. The van der Waals surface area contributed by atoms with Crippen molar-refractivity contribution < 1.29 is 13.2 Å². The topological polar surface area (TPSA) is 88.2 Å². The minimum atomic E-state index is -3.43. The molecule has 6 nitrogen and oxygen atoms in total. The summed E-state index contributed by atoms with van der Waals surface area (Å²) < 4.78 is 25.8. The highest BCUT2D eigenvalue weighted by molar-refractivity contribution is 7.92. The smallest absolute Gasteiger partial charge is 0.253 e. The fraction of sp³-hybridized carbons (Fsp3) is 0.250. The van der Waals surface area contributed by atoms with Gasteiger partial charge in [-0.15, -0.1) is 0 Å². The van der Waals surface area contributed by atoms with E-state index in [-0.39, 0.29) is 17.3 Å². The molecule has 0 bridgehead atoms. The summed E-state index contributed by atoms with van der Waals surface area (Å²) in [5.41, 5.74) is 1.46. The van der Waals surface area contributed by atoms with Crippen molar-refractivity contribution in [1.82, 2.24) is 10.3 Å². The van der Waals surface area contributed by atoms with E-state index in [1.807, 2.05) is 18.2 Å². The number of anilines is 1. The molecule has 0 spiro atoms. The van der Waals surface area contributed by atoms with Crippen LogP contribution in [-0.2, 0) is 16.4 Å². The largest absolute Gasteiger partial charge is 0.352 e. The van der Waals surface area contributed by atoms with Gasteiger partial charge >= 0.3 is 0 Å². The molecule has 0 unspecified atom stereocenters. The molecule has 1 aromatic heterocycles. The summed E-state index contributed by atoms with van der Waals surface area (Å²) in [4.78, 5) is 16.4. The summed E-state index contributed by atoms with van der Waals surface area (Å²) in [7, 11) is -3.43. The Balaban J connectivity index is 2.02. The summed E-state index contributed by atoms with van der Waals surface area (Å²) in [5, 5.41) is 2.78. The van der Waals surface area contributed by atoms with Gasteiger partial charge in [-0.1, -0.05) is 18.2 Å². The molecule has 1 amide bonds. The molecule has 2 rings (SSSR count). The van der Waals surface area contributed by atoms with E-state index >= 15 is 0 Å². The zero-order valence-electron chi connectivity index (χ0n) is 12.8. The quantitative estimate of drug-likeness (QED) is 0.809. The number of carbonyl (C=O) groups excluding carboxylic acids is 1. The van der Waals surface area contributed by atoms with Gasteiger partial charge in [0.25, 0.3) is 5.91 Å². The Morgan fingerprint density at radius 2 is 1.87 bits per heavy atom. The second-order valence-electron chi connectivity index (χ2n) is 4.88. The molecular weight excluding hydrogens is 314 g/mol. The Bertz CT molecular complexity index is 761. The zero-order chi connectivity index (χ0) is 16.7. The third-order valence-corrected chi connectivity index (χ3v) is 4.50. The number of hydrogen-bond donors (Lipinski definition) is 2. The normalized spacial score (nSPS) is 11.0. The first kappa shape index (κ1) is 17.0. The molecule has 0 aliphatic heterocycles. The van der Waals surface area contributed by atoms with Crippen LogP contribution in [0.25, 0.3) is 0 Å². The molecule has 0 fully saturated rings. The van der Waals surface area contributed by atoms with Crippen LogP contribution in [0.5, 0.6) is 0 Å². The molecular formula is C16H19N3O3S. The molecule has 2 aromatic rings. The van der Waals surface area contributed by atoms with Crippen molar-refractivity contribution in [3.63, 3.8) is 0 Å². The average Bonchev–Trinajstić information content (AvgIpc) is 2.56. The van der Waals surface area contributed by atoms with Gasteiger partial charge in [0, 0.05) is 24.9 Å².